The average molecular weight is 216 g/mol. The number of hydrogen-bond acceptors (Lipinski definition) is 2. The number of ether oxygens (including phenoxy) is 2. The van der Waals surface area contributed by atoms with Crippen molar-refractivity contribution in [3.8, 4) is 5.75 Å². The van der Waals surface area contributed by atoms with Crippen molar-refractivity contribution in [2.24, 2.45) is 0 Å². The molecule has 0 heterocycles. The minimum Gasteiger partial charge on any atom is -0.497 e. The van der Waals surface area contributed by atoms with Crippen LogP contribution in [0.1, 0.15) is 12.0 Å². The molecule has 0 aliphatic carbocycles. The van der Waals surface area contributed by atoms with E-state index in [1.54, 1.807) is 7.11 Å². The molecule has 0 N–H and O–H groups in total. The Morgan fingerprint density at radius 2 is 1.87 bits per heavy atom. The summed E-state index contributed by atoms with van der Waals surface area (Å²) in [7, 11) is 1.59. The van der Waals surface area contributed by atoms with Crippen LogP contribution in [0, 0.1) is 0 Å². The van der Waals surface area contributed by atoms with Gasteiger partial charge in [0.15, 0.2) is 0 Å². The predicted molar refractivity (Wildman–Crippen MR) is 53.3 cm³/mol. The topological polar surface area (TPSA) is 18.5 Å². The van der Waals surface area contributed by atoms with Crippen LogP contribution in [0.2, 0.25) is 0 Å². The molecular weight excluding hydrogens is 202 g/mol. The highest BCUT2D eigenvalue weighted by atomic mass is 19.3. The first-order valence-electron chi connectivity index (χ1n) is 4.71. The zero-order valence-electron chi connectivity index (χ0n) is 8.58. The Kier molecular flexibility index (Phi) is 5.04. The van der Waals surface area contributed by atoms with Crippen LogP contribution in [0.25, 0.3) is 0 Å². The summed E-state index contributed by atoms with van der Waals surface area (Å²) in [6, 6.07) is 7.32. The summed E-state index contributed by atoms with van der Waals surface area (Å²) in [5, 5.41) is 0. The second-order valence-electron chi connectivity index (χ2n) is 3.08. The highest BCUT2D eigenvalue weighted by molar-refractivity contribution is 5.26. The molecule has 0 aromatic heterocycles. The van der Waals surface area contributed by atoms with Gasteiger partial charge in [-0.05, 0) is 17.7 Å². The average Bonchev–Trinajstić information content (AvgIpc) is 2.25. The SMILES string of the molecule is COc1ccc(COCCC(F)F)cc1. The van der Waals surface area contributed by atoms with Gasteiger partial charge >= 0.3 is 0 Å². The first-order chi connectivity index (χ1) is 7.22. The smallest absolute Gasteiger partial charge is 0.240 e. The van der Waals surface area contributed by atoms with Gasteiger partial charge in [0.25, 0.3) is 0 Å². The van der Waals surface area contributed by atoms with E-state index in [1.165, 1.54) is 0 Å². The standard InChI is InChI=1S/C11H14F2O2/c1-14-10-4-2-9(3-5-10)8-15-7-6-11(12)13/h2-5,11H,6-8H2,1H3. The summed E-state index contributed by atoms with van der Waals surface area (Å²) in [5.41, 5.74) is 0.949. The normalized spacial score (nSPS) is 10.7. The van der Waals surface area contributed by atoms with E-state index in [1.807, 2.05) is 24.3 Å². The number of methoxy groups -OCH3 is 1. The lowest BCUT2D eigenvalue weighted by atomic mass is 10.2. The van der Waals surface area contributed by atoms with Crippen LogP contribution < -0.4 is 4.74 Å². The molecule has 1 aromatic carbocycles. The predicted octanol–water partition coefficient (Wildman–Crippen LogP) is 2.87. The Morgan fingerprint density at radius 1 is 1.20 bits per heavy atom. The Hall–Kier alpha value is -1.16. The van der Waals surface area contributed by atoms with E-state index in [0.717, 1.165) is 11.3 Å². The largest absolute Gasteiger partial charge is 0.497 e. The fourth-order valence-electron chi connectivity index (χ4n) is 1.08. The summed E-state index contributed by atoms with van der Waals surface area (Å²) >= 11 is 0. The Morgan fingerprint density at radius 3 is 2.40 bits per heavy atom. The van der Waals surface area contributed by atoms with E-state index in [0.29, 0.717) is 6.61 Å². The molecule has 2 nitrogen and oxygen atoms in total. The lowest BCUT2D eigenvalue weighted by Gasteiger charge is -2.05. The van der Waals surface area contributed by atoms with Crippen molar-refractivity contribution >= 4 is 0 Å². The fraction of sp³-hybridized carbons (Fsp3) is 0.455. The van der Waals surface area contributed by atoms with E-state index >= 15 is 0 Å². The molecule has 1 rings (SSSR count). The van der Waals surface area contributed by atoms with Crippen LogP contribution in [0.3, 0.4) is 0 Å². The molecule has 84 valence electrons. The van der Waals surface area contributed by atoms with Crippen LogP contribution in [0.4, 0.5) is 8.78 Å². The molecular formula is C11H14F2O2. The second kappa shape index (κ2) is 6.35. The van der Waals surface area contributed by atoms with E-state index in [2.05, 4.69) is 0 Å². The van der Waals surface area contributed by atoms with Gasteiger partial charge in [-0.2, -0.15) is 0 Å². The minimum absolute atomic E-state index is 0.0870. The fourth-order valence-corrected chi connectivity index (χ4v) is 1.08. The van der Waals surface area contributed by atoms with Crippen LogP contribution in [0.5, 0.6) is 5.75 Å². The van der Waals surface area contributed by atoms with Crippen molar-refractivity contribution in [1.82, 2.24) is 0 Å². The van der Waals surface area contributed by atoms with E-state index in [9.17, 15) is 8.78 Å². The highest BCUT2D eigenvalue weighted by Gasteiger charge is 2.01. The molecule has 4 heteroatoms. The van der Waals surface area contributed by atoms with Crippen LogP contribution >= 0.6 is 0 Å². The lowest BCUT2D eigenvalue weighted by molar-refractivity contribution is 0.0595. The molecule has 0 fully saturated rings. The van der Waals surface area contributed by atoms with E-state index in [4.69, 9.17) is 9.47 Å². The molecule has 0 atom stereocenters. The molecule has 0 aliphatic heterocycles. The van der Waals surface area contributed by atoms with E-state index < -0.39 is 6.43 Å². The summed E-state index contributed by atoms with van der Waals surface area (Å²) in [5.74, 6) is 0.770. The molecule has 1 aromatic rings. The Balaban J connectivity index is 2.25. The Bertz CT molecular complexity index is 272. The second-order valence-corrected chi connectivity index (χ2v) is 3.08. The zero-order valence-corrected chi connectivity index (χ0v) is 8.58. The Labute approximate surface area is 87.8 Å². The van der Waals surface area contributed by atoms with Gasteiger partial charge in [0, 0.05) is 6.42 Å². The molecule has 0 saturated carbocycles. The third-order valence-electron chi connectivity index (χ3n) is 1.91. The quantitative estimate of drug-likeness (QED) is 0.681. The van der Waals surface area contributed by atoms with Crippen LogP contribution in [-0.2, 0) is 11.3 Å². The van der Waals surface area contributed by atoms with E-state index in [-0.39, 0.29) is 13.0 Å². The maximum Gasteiger partial charge on any atom is 0.240 e. The van der Waals surface area contributed by atoms with Crippen molar-refractivity contribution in [2.75, 3.05) is 13.7 Å². The summed E-state index contributed by atoms with van der Waals surface area (Å²) in [6.45, 7) is 0.445. The molecule has 0 unspecified atom stereocenters. The zero-order chi connectivity index (χ0) is 11.1. The van der Waals surface area contributed by atoms with Crippen molar-refractivity contribution in [1.29, 1.82) is 0 Å². The maximum atomic E-state index is 11.8. The van der Waals surface area contributed by atoms with Gasteiger partial charge in [0.2, 0.25) is 6.43 Å². The molecule has 15 heavy (non-hydrogen) atoms. The lowest BCUT2D eigenvalue weighted by Crippen LogP contribution is -2.00. The van der Waals surface area contributed by atoms with Gasteiger partial charge in [-0.1, -0.05) is 12.1 Å². The molecule has 0 radical (unpaired) electrons. The first-order valence-corrected chi connectivity index (χ1v) is 4.71. The number of rotatable bonds is 6. The highest BCUT2D eigenvalue weighted by Crippen LogP contribution is 2.12. The van der Waals surface area contributed by atoms with Crippen LogP contribution in [-0.4, -0.2) is 20.1 Å². The van der Waals surface area contributed by atoms with Gasteiger partial charge in [-0.15, -0.1) is 0 Å². The van der Waals surface area contributed by atoms with Crippen molar-refractivity contribution in [3.63, 3.8) is 0 Å². The minimum atomic E-state index is -2.29. The third-order valence-corrected chi connectivity index (χ3v) is 1.91. The molecule has 0 bridgehead atoms. The van der Waals surface area contributed by atoms with Gasteiger partial charge in [0.1, 0.15) is 5.75 Å². The molecule has 0 spiro atoms. The van der Waals surface area contributed by atoms with Gasteiger partial charge in [0.05, 0.1) is 20.3 Å². The van der Waals surface area contributed by atoms with Crippen LogP contribution in [0.15, 0.2) is 24.3 Å². The van der Waals surface area contributed by atoms with Crippen molar-refractivity contribution in [2.45, 2.75) is 19.5 Å². The molecule has 0 amide bonds. The maximum absolute atomic E-state index is 11.8. The summed E-state index contributed by atoms with van der Waals surface area (Å²) in [4.78, 5) is 0. The van der Waals surface area contributed by atoms with Gasteiger partial charge in [-0.25, -0.2) is 8.78 Å². The van der Waals surface area contributed by atoms with Crippen molar-refractivity contribution in [3.05, 3.63) is 29.8 Å². The number of halogens is 2. The monoisotopic (exact) mass is 216 g/mol. The third kappa shape index (κ3) is 4.74. The number of benzene rings is 1. The van der Waals surface area contributed by atoms with Crippen molar-refractivity contribution < 1.29 is 18.3 Å². The number of hydrogen-bond donors (Lipinski definition) is 0. The molecule has 0 aliphatic rings. The van der Waals surface area contributed by atoms with Gasteiger partial charge < -0.3 is 9.47 Å². The molecule has 0 saturated heterocycles. The summed E-state index contributed by atoms with van der Waals surface area (Å²) < 4.78 is 33.6. The summed E-state index contributed by atoms with van der Waals surface area (Å²) in [6.07, 6.45) is -2.50. The first kappa shape index (κ1) is 11.9. The number of alkyl halides is 2. The van der Waals surface area contributed by atoms with Gasteiger partial charge in [-0.3, -0.25) is 0 Å².